The van der Waals surface area contributed by atoms with Crippen molar-refractivity contribution >= 4 is 23.2 Å². The van der Waals surface area contributed by atoms with Crippen LogP contribution in [0.1, 0.15) is 19.2 Å². The highest BCUT2D eigenvalue weighted by molar-refractivity contribution is 6.30. The lowest BCUT2D eigenvalue weighted by Crippen LogP contribution is -2.02. The maximum Gasteiger partial charge on any atom is 0.226 e. The van der Waals surface area contributed by atoms with Crippen molar-refractivity contribution in [3.05, 3.63) is 40.4 Å². The summed E-state index contributed by atoms with van der Waals surface area (Å²) >= 11 is 11.7. The molecule has 1 aromatic heterocycles. The highest BCUT2D eigenvalue weighted by Crippen LogP contribution is 2.19. The zero-order chi connectivity index (χ0) is 14.3. The third-order valence-corrected chi connectivity index (χ3v) is 2.65. The number of halogens is 2. The molecule has 102 valence electrons. The molecule has 1 heterocycles. The summed E-state index contributed by atoms with van der Waals surface area (Å²) in [5, 5.41) is 0.913. The van der Waals surface area contributed by atoms with Gasteiger partial charge in [-0.15, -0.1) is 0 Å². The van der Waals surface area contributed by atoms with E-state index in [-0.39, 0.29) is 5.28 Å². The fourth-order valence-corrected chi connectivity index (χ4v) is 1.76. The van der Waals surface area contributed by atoms with E-state index in [0.29, 0.717) is 10.8 Å². The quantitative estimate of drug-likeness (QED) is 0.671. The Bertz CT molecular complexity index is 516. The molecule has 0 saturated carbocycles. The molecule has 4 N–H and O–H groups in total. The van der Waals surface area contributed by atoms with E-state index in [9.17, 15) is 0 Å². The maximum absolute atomic E-state index is 5.88. The summed E-state index contributed by atoms with van der Waals surface area (Å²) in [7, 11) is 0. The largest absolute Gasteiger partial charge is 0.274 e. The Balaban J connectivity index is 0.000000861. The first kappa shape index (κ1) is 15.8. The van der Waals surface area contributed by atoms with Crippen LogP contribution in [-0.4, -0.2) is 15.0 Å². The standard InChI is InChI=1S/C12H11Cl2N3.H4N2/c1-2-3-10-15-11(17-12(14)16-10)8-4-6-9(13)7-5-8;1-2/h4-7H,2-3H2,1H3;1-2H2. The molecule has 19 heavy (non-hydrogen) atoms. The predicted molar refractivity (Wildman–Crippen MR) is 77.7 cm³/mol. The summed E-state index contributed by atoms with van der Waals surface area (Å²) in [6, 6.07) is 7.33. The first-order chi connectivity index (χ1) is 9.19. The van der Waals surface area contributed by atoms with Crippen molar-refractivity contribution in [2.24, 2.45) is 11.7 Å². The van der Waals surface area contributed by atoms with Gasteiger partial charge in [-0.05, 0) is 42.3 Å². The average Bonchev–Trinajstić information content (AvgIpc) is 2.41. The van der Waals surface area contributed by atoms with Crippen LogP contribution in [0, 0.1) is 0 Å². The van der Waals surface area contributed by atoms with E-state index in [1.807, 2.05) is 12.1 Å². The molecule has 2 aromatic rings. The van der Waals surface area contributed by atoms with Crippen molar-refractivity contribution in [1.82, 2.24) is 15.0 Å². The minimum absolute atomic E-state index is 0.230. The molecule has 0 aliphatic rings. The third-order valence-electron chi connectivity index (χ3n) is 2.23. The van der Waals surface area contributed by atoms with Gasteiger partial charge >= 0.3 is 0 Å². The Morgan fingerprint density at radius 3 is 2.21 bits per heavy atom. The van der Waals surface area contributed by atoms with Gasteiger partial charge in [-0.25, -0.2) is 9.97 Å². The van der Waals surface area contributed by atoms with Crippen LogP contribution >= 0.6 is 23.2 Å². The van der Waals surface area contributed by atoms with Crippen LogP contribution in [0.15, 0.2) is 24.3 Å². The molecule has 0 radical (unpaired) electrons. The van der Waals surface area contributed by atoms with Crippen LogP contribution < -0.4 is 11.7 Å². The first-order valence-electron chi connectivity index (χ1n) is 5.68. The normalized spacial score (nSPS) is 9.74. The lowest BCUT2D eigenvalue weighted by atomic mass is 10.2. The molecule has 0 aliphatic heterocycles. The molecule has 7 heteroatoms. The van der Waals surface area contributed by atoms with E-state index in [2.05, 4.69) is 33.6 Å². The fourth-order valence-electron chi connectivity index (χ4n) is 1.45. The second-order valence-corrected chi connectivity index (χ2v) is 4.38. The Morgan fingerprint density at radius 1 is 1.00 bits per heavy atom. The Hall–Kier alpha value is -1.27. The first-order valence-corrected chi connectivity index (χ1v) is 6.44. The molecule has 1 aromatic carbocycles. The summed E-state index contributed by atoms with van der Waals surface area (Å²) in [5.74, 6) is 9.31. The Kier molecular flexibility index (Phi) is 6.66. The monoisotopic (exact) mass is 299 g/mol. The maximum atomic E-state index is 5.88. The second kappa shape index (κ2) is 8.01. The Morgan fingerprint density at radius 2 is 1.63 bits per heavy atom. The van der Waals surface area contributed by atoms with Crippen LogP contribution in [0.25, 0.3) is 11.4 Å². The summed E-state index contributed by atoms with van der Waals surface area (Å²) < 4.78 is 0. The van der Waals surface area contributed by atoms with Crippen molar-refractivity contribution in [2.45, 2.75) is 19.8 Å². The van der Waals surface area contributed by atoms with Crippen molar-refractivity contribution in [1.29, 1.82) is 0 Å². The van der Waals surface area contributed by atoms with Crippen LogP contribution in [0.2, 0.25) is 10.3 Å². The van der Waals surface area contributed by atoms with Crippen molar-refractivity contribution in [2.75, 3.05) is 0 Å². The van der Waals surface area contributed by atoms with Gasteiger partial charge in [0.25, 0.3) is 0 Å². The number of benzene rings is 1. The van der Waals surface area contributed by atoms with Gasteiger partial charge in [0, 0.05) is 17.0 Å². The van der Waals surface area contributed by atoms with Gasteiger partial charge in [0.05, 0.1) is 0 Å². The van der Waals surface area contributed by atoms with E-state index >= 15 is 0 Å². The molecular formula is C12H15Cl2N5. The third kappa shape index (κ3) is 4.72. The number of hydrazine groups is 1. The zero-order valence-electron chi connectivity index (χ0n) is 10.5. The molecule has 0 atom stereocenters. The van der Waals surface area contributed by atoms with E-state index in [0.717, 1.165) is 24.2 Å². The lowest BCUT2D eigenvalue weighted by Gasteiger charge is -2.03. The van der Waals surface area contributed by atoms with Gasteiger partial charge in [0.15, 0.2) is 5.82 Å². The van der Waals surface area contributed by atoms with E-state index in [4.69, 9.17) is 23.2 Å². The van der Waals surface area contributed by atoms with Gasteiger partial charge < -0.3 is 0 Å². The van der Waals surface area contributed by atoms with E-state index in [1.54, 1.807) is 12.1 Å². The average molecular weight is 300 g/mol. The van der Waals surface area contributed by atoms with Crippen molar-refractivity contribution < 1.29 is 0 Å². The smallest absolute Gasteiger partial charge is 0.226 e. The number of nitrogens with zero attached hydrogens (tertiary/aromatic N) is 3. The van der Waals surface area contributed by atoms with Crippen LogP contribution in [-0.2, 0) is 6.42 Å². The summed E-state index contributed by atoms with van der Waals surface area (Å²) in [4.78, 5) is 12.6. The molecule has 0 unspecified atom stereocenters. The van der Waals surface area contributed by atoms with Gasteiger partial charge in [0.2, 0.25) is 5.28 Å². The molecule has 2 rings (SSSR count). The topological polar surface area (TPSA) is 90.7 Å². The van der Waals surface area contributed by atoms with Crippen molar-refractivity contribution in [3.63, 3.8) is 0 Å². The molecule has 5 nitrogen and oxygen atoms in total. The van der Waals surface area contributed by atoms with Gasteiger partial charge in [-0.1, -0.05) is 18.5 Å². The van der Waals surface area contributed by atoms with Crippen LogP contribution in [0.5, 0.6) is 0 Å². The van der Waals surface area contributed by atoms with Gasteiger partial charge in [-0.3, -0.25) is 11.7 Å². The lowest BCUT2D eigenvalue weighted by molar-refractivity contribution is 0.820. The number of hydrogen-bond donors (Lipinski definition) is 2. The summed E-state index contributed by atoms with van der Waals surface area (Å²) in [6.45, 7) is 2.07. The summed E-state index contributed by atoms with van der Waals surface area (Å²) in [6.07, 6.45) is 1.77. The molecule has 0 aliphatic carbocycles. The minimum atomic E-state index is 0.230. The fraction of sp³-hybridized carbons (Fsp3) is 0.250. The van der Waals surface area contributed by atoms with Gasteiger partial charge in [0.1, 0.15) is 5.82 Å². The predicted octanol–water partition coefficient (Wildman–Crippen LogP) is 2.62. The van der Waals surface area contributed by atoms with E-state index < -0.39 is 0 Å². The molecular weight excluding hydrogens is 285 g/mol. The highest BCUT2D eigenvalue weighted by atomic mass is 35.5. The molecule has 0 fully saturated rings. The van der Waals surface area contributed by atoms with Crippen LogP contribution in [0.3, 0.4) is 0 Å². The number of aryl methyl sites for hydroxylation is 1. The summed E-state index contributed by atoms with van der Waals surface area (Å²) in [5.41, 5.74) is 0.885. The number of aromatic nitrogens is 3. The molecule has 0 bridgehead atoms. The number of hydrogen-bond acceptors (Lipinski definition) is 5. The number of nitrogens with two attached hydrogens (primary N) is 2. The van der Waals surface area contributed by atoms with Gasteiger partial charge in [-0.2, -0.15) is 4.98 Å². The SMILES string of the molecule is CCCc1nc(Cl)nc(-c2ccc(Cl)cc2)n1.NN. The molecule has 0 amide bonds. The highest BCUT2D eigenvalue weighted by Gasteiger charge is 2.06. The van der Waals surface area contributed by atoms with Crippen LogP contribution in [0.4, 0.5) is 0 Å². The molecule has 0 saturated heterocycles. The zero-order valence-corrected chi connectivity index (χ0v) is 12.0. The second-order valence-electron chi connectivity index (χ2n) is 3.60. The minimum Gasteiger partial charge on any atom is -0.274 e. The Labute approximate surface area is 122 Å². The number of rotatable bonds is 3. The molecule has 0 spiro atoms. The van der Waals surface area contributed by atoms with Crippen molar-refractivity contribution in [3.8, 4) is 11.4 Å². The van der Waals surface area contributed by atoms with E-state index in [1.165, 1.54) is 0 Å².